The fourth-order valence-corrected chi connectivity index (χ4v) is 3.00. The summed E-state index contributed by atoms with van der Waals surface area (Å²) in [6.07, 6.45) is 5.96. The standard InChI is InChI=1S/C21H21N5O2/c1-2-3-11-17-23-19(25-21(27)16-10-7-12-28-16)18-20(24-17)26(14-22-18)13-15-8-5-4-6-9-15/h4-10,12,14H,2-3,11,13H2,1H3,(H,23,24,25,27). The number of carbonyl (C=O) groups is 1. The molecule has 0 saturated heterocycles. The molecule has 28 heavy (non-hydrogen) atoms. The number of aryl methyl sites for hydroxylation is 1. The van der Waals surface area contributed by atoms with Crippen LogP contribution in [0.15, 0.2) is 59.5 Å². The molecule has 7 heteroatoms. The Morgan fingerprint density at radius 1 is 1.14 bits per heavy atom. The number of carbonyl (C=O) groups excluding carboxylic acids is 1. The Labute approximate surface area is 162 Å². The lowest BCUT2D eigenvalue weighted by Crippen LogP contribution is -2.14. The normalized spacial score (nSPS) is 11.0. The topological polar surface area (TPSA) is 85.8 Å². The highest BCUT2D eigenvalue weighted by atomic mass is 16.3. The third-order valence-electron chi connectivity index (χ3n) is 4.44. The number of nitrogens with one attached hydrogen (secondary N) is 1. The van der Waals surface area contributed by atoms with Crippen LogP contribution in [-0.4, -0.2) is 25.4 Å². The highest BCUT2D eigenvalue weighted by Gasteiger charge is 2.17. The minimum absolute atomic E-state index is 0.227. The quantitative estimate of drug-likeness (QED) is 0.526. The molecule has 0 unspecified atom stereocenters. The van der Waals surface area contributed by atoms with Crippen molar-refractivity contribution in [1.82, 2.24) is 19.5 Å². The van der Waals surface area contributed by atoms with Crippen molar-refractivity contribution in [3.8, 4) is 0 Å². The van der Waals surface area contributed by atoms with Crippen LogP contribution < -0.4 is 5.32 Å². The molecule has 0 aliphatic carbocycles. The third-order valence-corrected chi connectivity index (χ3v) is 4.44. The van der Waals surface area contributed by atoms with Crippen molar-refractivity contribution in [2.45, 2.75) is 32.7 Å². The molecule has 1 amide bonds. The van der Waals surface area contributed by atoms with E-state index in [0.29, 0.717) is 29.4 Å². The number of anilines is 1. The van der Waals surface area contributed by atoms with Gasteiger partial charge in [-0.3, -0.25) is 4.79 Å². The Hall–Kier alpha value is -3.48. The van der Waals surface area contributed by atoms with Gasteiger partial charge in [0.05, 0.1) is 19.1 Å². The van der Waals surface area contributed by atoms with Gasteiger partial charge in [-0.05, 0) is 24.1 Å². The average Bonchev–Trinajstić information content (AvgIpc) is 3.38. The first-order valence-corrected chi connectivity index (χ1v) is 9.35. The number of amides is 1. The zero-order chi connectivity index (χ0) is 19.3. The second-order valence-electron chi connectivity index (χ2n) is 6.55. The van der Waals surface area contributed by atoms with E-state index < -0.39 is 0 Å². The Balaban J connectivity index is 1.72. The van der Waals surface area contributed by atoms with Gasteiger partial charge in [-0.1, -0.05) is 43.7 Å². The molecule has 0 atom stereocenters. The lowest BCUT2D eigenvalue weighted by atomic mass is 10.2. The van der Waals surface area contributed by atoms with Crippen LogP contribution in [0.3, 0.4) is 0 Å². The van der Waals surface area contributed by atoms with Crippen molar-refractivity contribution in [3.05, 3.63) is 72.2 Å². The number of hydrogen-bond donors (Lipinski definition) is 1. The van der Waals surface area contributed by atoms with Gasteiger partial charge in [-0.15, -0.1) is 0 Å². The SMILES string of the molecule is CCCCc1nc(NC(=O)c2ccco2)c2ncn(Cc3ccccc3)c2n1. The van der Waals surface area contributed by atoms with E-state index in [1.807, 2.05) is 22.8 Å². The number of rotatable bonds is 7. The molecule has 4 rings (SSSR count). The molecule has 0 spiro atoms. The first kappa shape index (κ1) is 17.9. The average molecular weight is 375 g/mol. The predicted octanol–water partition coefficient (Wildman–Crippen LogP) is 4.06. The van der Waals surface area contributed by atoms with E-state index in [1.165, 1.54) is 6.26 Å². The number of imidazole rings is 1. The zero-order valence-corrected chi connectivity index (χ0v) is 15.6. The molecule has 0 aliphatic heterocycles. The maximum atomic E-state index is 12.4. The fraction of sp³-hybridized carbons (Fsp3) is 0.238. The van der Waals surface area contributed by atoms with Crippen LogP contribution >= 0.6 is 0 Å². The molecule has 0 bridgehead atoms. The van der Waals surface area contributed by atoms with Gasteiger partial charge in [0.15, 0.2) is 22.7 Å². The van der Waals surface area contributed by atoms with Crippen LogP contribution in [-0.2, 0) is 13.0 Å². The van der Waals surface area contributed by atoms with E-state index in [-0.39, 0.29) is 11.7 Å². The van der Waals surface area contributed by atoms with Crippen molar-refractivity contribution >= 4 is 22.9 Å². The number of fused-ring (bicyclic) bond motifs is 1. The molecule has 1 N–H and O–H groups in total. The lowest BCUT2D eigenvalue weighted by molar-refractivity contribution is 0.0996. The van der Waals surface area contributed by atoms with Crippen LogP contribution in [0, 0.1) is 0 Å². The number of benzene rings is 1. The van der Waals surface area contributed by atoms with E-state index in [9.17, 15) is 4.79 Å². The van der Waals surface area contributed by atoms with Gasteiger partial charge >= 0.3 is 0 Å². The summed E-state index contributed by atoms with van der Waals surface area (Å²) in [5.41, 5.74) is 2.42. The number of aromatic nitrogens is 4. The van der Waals surface area contributed by atoms with E-state index >= 15 is 0 Å². The maximum absolute atomic E-state index is 12.4. The number of furan rings is 1. The van der Waals surface area contributed by atoms with E-state index in [0.717, 1.165) is 24.8 Å². The van der Waals surface area contributed by atoms with E-state index in [2.05, 4.69) is 34.3 Å². The molecule has 0 saturated carbocycles. The minimum atomic E-state index is -0.357. The molecular formula is C21H21N5O2. The van der Waals surface area contributed by atoms with Crippen LogP contribution in [0.4, 0.5) is 5.82 Å². The Morgan fingerprint density at radius 3 is 2.75 bits per heavy atom. The lowest BCUT2D eigenvalue weighted by Gasteiger charge is -2.08. The van der Waals surface area contributed by atoms with E-state index in [1.54, 1.807) is 18.5 Å². The molecule has 7 nitrogen and oxygen atoms in total. The Morgan fingerprint density at radius 2 is 2.00 bits per heavy atom. The van der Waals surface area contributed by atoms with Crippen molar-refractivity contribution < 1.29 is 9.21 Å². The molecular weight excluding hydrogens is 354 g/mol. The van der Waals surface area contributed by atoms with Crippen molar-refractivity contribution in [1.29, 1.82) is 0 Å². The van der Waals surface area contributed by atoms with Crippen LogP contribution in [0.1, 0.15) is 41.7 Å². The smallest absolute Gasteiger partial charge is 0.292 e. The van der Waals surface area contributed by atoms with Gasteiger partial charge in [0.1, 0.15) is 5.82 Å². The summed E-state index contributed by atoms with van der Waals surface area (Å²) >= 11 is 0. The largest absolute Gasteiger partial charge is 0.459 e. The monoisotopic (exact) mass is 375 g/mol. The molecule has 0 radical (unpaired) electrons. The van der Waals surface area contributed by atoms with E-state index in [4.69, 9.17) is 9.40 Å². The minimum Gasteiger partial charge on any atom is -0.459 e. The van der Waals surface area contributed by atoms with Gasteiger partial charge in [0.25, 0.3) is 5.91 Å². The van der Waals surface area contributed by atoms with Gasteiger partial charge < -0.3 is 14.3 Å². The number of nitrogens with zero attached hydrogens (tertiary/aromatic N) is 4. The zero-order valence-electron chi connectivity index (χ0n) is 15.6. The summed E-state index contributed by atoms with van der Waals surface area (Å²) < 4.78 is 7.15. The van der Waals surface area contributed by atoms with Gasteiger partial charge in [0.2, 0.25) is 0 Å². The van der Waals surface area contributed by atoms with Crippen LogP contribution in [0.25, 0.3) is 11.2 Å². The summed E-state index contributed by atoms with van der Waals surface area (Å²) in [5.74, 6) is 0.970. The number of unbranched alkanes of at least 4 members (excludes halogenated alkanes) is 1. The molecule has 0 fully saturated rings. The van der Waals surface area contributed by atoms with Gasteiger partial charge in [-0.2, -0.15) is 0 Å². The first-order valence-electron chi connectivity index (χ1n) is 9.35. The predicted molar refractivity (Wildman–Crippen MR) is 106 cm³/mol. The van der Waals surface area contributed by atoms with Crippen LogP contribution in [0.2, 0.25) is 0 Å². The first-order chi connectivity index (χ1) is 13.7. The molecule has 1 aromatic carbocycles. The molecule has 4 aromatic rings. The van der Waals surface area contributed by atoms with Gasteiger partial charge in [0, 0.05) is 6.42 Å². The second kappa shape index (κ2) is 8.04. The molecule has 0 aliphatic rings. The molecule has 142 valence electrons. The number of hydrogen-bond acceptors (Lipinski definition) is 5. The van der Waals surface area contributed by atoms with Crippen molar-refractivity contribution in [2.75, 3.05) is 5.32 Å². The second-order valence-corrected chi connectivity index (χ2v) is 6.55. The maximum Gasteiger partial charge on any atom is 0.292 e. The summed E-state index contributed by atoms with van der Waals surface area (Å²) in [5, 5.41) is 2.82. The summed E-state index contributed by atoms with van der Waals surface area (Å²) in [4.78, 5) is 26.2. The summed E-state index contributed by atoms with van der Waals surface area (Å²) in [6, 6.07) is 13.4. The van der Waals surface area contributed by atoms with Gasteiger partial charge in [-0.25, -0.2) is 15.0 Å². The highest BCUT2D eigenvalue weighted by molar-refractivity contribution is 6.05. The van der Waals surface area contributed by atoms with Crippen molar-refractivity contribution in [3.63, 3.8) is 0 Å². The van der Waals surface area contributed by atoms with Crippen LogP contribution in [0.5, 0.6) is 0 Å². The fourth-order valence-electron chi connectivity index (χ4n) is 3.00. The summed E-state index contributed by atoms with van der Waals surface area (Å²) in [6.45, 7) is 2.77. The molecule has 3 heterocycles. The Kier molecular flexibility index (Phi) is 5.14. The third kappa shape index (κ3) is 3.78. The molecule has 3 aromatic heterocycles. The summed E-state index contributed by atoms with van der Waals surface area (Å²) in [7, 11) is 0. The highest BCUT2D eigenvalue weighted by Crippen LogP contribution is 2.21. The Bertz CT molecular complexity index is 1070. The van der Waals surface area contributed by atoms with Crippen molar-refractivity contribution in [2.24, 2.45) is 0 Å².